The highest BCUT2D eigenvalue weighted by Crippen LogP contribution is 2.11. The third-order valence-corrected chi connectivity index (χ3v) is 2.34. The molecule has 0 radical (unpaired) electrons. The monoisotopic (exact) mass is 205 g/mol. The second kappa shape index (κ2) is 3.38. The standard InChI is InChI=1S/C10H11N3S/c1-12(2)13-9(14)6-5-8-4-3-7-11-10(8)13/h3-7H,1-2H3. The summed E-state index contributed by atoms with van der Waals surface area (Å²) in [4.78, 5) is 4.32. The highest BCUT2D eigenvalue weighted by Gasteiger charge is 2.01. The molecule has 14 heavy (non-hydrogen) atoms. The Morgan fingerprint density at radius 1 is 1.29 bits per heavy atom. The molecule has 0 fully saturated rings. The Hall–Kier alpha value is -1.42. The molecule has 0 unspecified atom stereocenters. The molecule has 2 heterocycles. The van der Waals surface area contributed by atoms with Crippen LogP contribution in [0.4, 0.5) is 0 Å². The first-order chi connectivity index (χ1) is 6.70. The lowest BCUT2D eigenvalue weighted by atomic mass is 10.3. The van der Waals surface area contributed by atoms with E-state index in [1.54, 1.807) is 6.20 Å². The van der Waals surface area contributed by atoms with Gasteiger partial charge in [0.25, 0.3) is 0 Å². The van der Waals surface area contributed by atoms with Crippen LogP contribution >= 0.6 is 12.2 Å². The lowest BCUT2D eigenvalue weighted by Gasteiger charge is -2.18. The molecule has 0 amide bonds. The minimum atomic E-state index is 0.765. The molecule has 0 aromatic carbocycles. The molecule has 2 aromatic rings. The second-order valence-electron chi connectivity index (χ2n) is 3.25. The van der Waals surface area contributed by atoms with Crippen LogP contribution in [0.15, 0.2) is 30.5 Å². The molecule has 0 aliphatic rings. The van der Waals surface area contributed by atoms with E-state index in [2.05, 4.69) is 4.98 Å². The van der Waals surface area contributed by atoms with Crippen molar-refractivity contribution in [2.75, 3.05) is 19.1 Å². The van der Waals surface area contributed by atoms with E-state index < -0.39 is 0 Å². The van der Waals surface area contributed by atoms with Crippen molar-refractivity contribution in [3.8, 4) is 0 Å². The summed E-state index contributed by atoms with van der Waals surface area (Å²) in [6.45, 7) is 0. The van der Waals surface area contributed by atoms with Crippen molar-refractivity contribution >= 4 is 23.3 Å². The van der Waals surface area contributed by atoms with E-state index in [4.69, 9.17) is 12.2 Å². The van der Waals surface area contributed by atoms with E-state index in [1.165, 1.54) is 0 Å². The van der Waals surface area contributed by atoms with Gasteiger partial charge in [-0.25, -0.2) is 9.66 Å². The van der Waals surface area contributed by atoms with Crippen molar-refractivity contribution in [1.82, 2.24) is 9.66 Å². The molecule has 4 heteroatoms. The Morgan fingerprint density at radius 3 is 2.79 bits per heavy atom. The molecule has 0 N–H and O–H groups in total. The highest BCUT2D eigenvalue weighted by atomic mass is 32.1. The van der Waals surface area contributed by atoms with Crippen LogP contribution in [0.25, 0.3) is 11.0 Å². The fourth-order valence-corrected chi connectivity index (χ4v) is 1.76. The van der Waals surface area contributed by atoms with Gasteiger partial charge < -0.3 is 5.01 Å². The van der Waals surface area contributed by atoms with E-state index in [0.717, 1.165) is 15.7 Å². The Balaban J connectivity index is 2.90. The van der Waals surface area contributed by atoms with Gasteiger partial charge in [-0.05, 0) is 24.3 Å². The number of hydrogen-bond acceptors (Lipinski definition) is 3. The van der Waals surface area contributed by atoms with E-state index in [-0.39, 0.29) is 0 Å². The van der Waals surface area contributed by atoms with Crippen LogP contribution in [0, 0.1) is 4.64 Å². The maximum Gasteiger partial charge on any atom is 0.159 e. The molecular weight excluding hydrogens is 194 g/mol. The molecule has 2 aromatic heterocycles. The molecule has 0 saturated heterocycles. The van der Waals surface area contributed by atoms with Crippen molar-refractivity contribution in [3.05, 3.63) is 35.1 Å². The van der Waals surface area contributed by atoms with Gasteiger partial charge in [-0.1, -0.05) is 12.2 Å². The maximum absolute atomic E-state index is 5.24. The summed E-state index contributed by atoms with van der Waals surface area (Å²) < 4.78 is 2.67. The number of aromatic nitrogens is 2. The van der Waals surface area contributed by atoms with Crippen LogP contribution < -0.4 is 5.01 Å². The van der Waals surface area contributed by atoms with Crippen LogP contribution in [0.5, 0.6) is 0 Å². The molecule has 0 bridgehead atoms. The second-order valence-corrected chi connectivity index (χ2v) is 3.67. The molecule has 0 spiro atoms. The van der Waals surface area contributed by atoms with Crippen molar-refractivity contribution in [1.29, 1.82) is 0 Å². The predicted molar refractivity (Wildman–Crippen MR) is 60.6 cm³/mol. The lowest BCUT2D eigenvalue weighted by Crippen LogP contribution is -2.26. The van der Waals surface area contributed by atoms with Gasteiger partial charge in [-0.15, -0.1) is 0 Å². The Labute approximate surface area is 87.6 Å². The number of hydrogen-bond donors (Lipinski definition) is 0. The van der Waals surface area contributed by atoms with Gasteiger partial charge >= 0.3 is 0 Å². The fourth-order valence-electron chi connectivity index (χ4n) is 1.44. The Bertz CT molecular complexity index is 516. The molecule has 3 nitrogen and oxygen atoms in total. The zero-order valence-corrected chi connectivity index (χ0v) is 8.95. The number of pyridine rings is 2. The lowest BCUT2D eigenvalue weighted by molar-refractivity contribution is 0.736. The minimum absolute atomic E-state index is 0.765. The van der Waals surface area contributed by atoms with Gasteiger partial charge in [0, 0.05) is 25.7 Å². The highest BCUT2D eigenvalue weighted by molar-refractivity contribution is 7.71. The first-order valence-corrected chi connectivity index (χ1v) is 4.75. The van der Waals surface area contributed by atoms with Gasteiger partial charge in [0.2, 0.25) is 0 Å². The third kappa shape index (κ3) is 1.37. The largest absolute Gasteiger partial charge is 0.316 e. The van der Waals surface area contributed by atoms with Crippen LogP contribution in [-0.2, 0) is 0 Å². The molecule has 0 aliphatic carbocycles. The van der Waals surface area contributed by atoms with Gasteiger partial charge in [-0.3, -0.25) is 0 Å². The van der Waals surface area contributed by atoms with Crippen LogP contribution in [0.3, 0.4) is 0 Å². The summed E-state index contributed by atoms with van der Waals surface area (Å²) in [5.41, 5.74) is 0.894. The summed E-state index contributed by atoms with van der Waals surface area (Å²) >= 11 is 5.24. The van der Waals surface area contributed by atoms with Crippen LogP contribution in [-0.4, -0.2) is 23.8 Å². The molecule has 72 valence electrons. The summed E-state index contributed by atoms with van der Waals surface area (Å²) in [6, 6.07) is 7.85. The Kier molecular flexibility index (Phi) is 2.21. The van der Waals surface area contributed by atoms with Gasteiger partial charge in [0.05, 0.1) is 0 Å². The fraction of sp³-hybridized carbons (Fsp3) is 0.200. The zero-order chi connectivity index (χ0) is 10.1. The molecular formula is C10H11N3S. The van der Waals surface area contributed by atoms with E-state index >= 15 is 0 Å². The van der Waals surface area contributed by atoms with Crippen molar-refractivity contribution in [2.24, 2.45) is 0 Å². The van der Waals surface area contributed by atoms with Gasteiger partial charge in [-0.2, -0.15) is 0 Å². The predicted octanol–water partition coefficient (Wildman–Crippen LogP) is 1.96. The Morgan fingerprint density at radius 2 is 2.07 bits per heavy atom. The smallest absolute Gasteiger partial charge is 0.159 e. The van der Waals surface area contributed by atoms with Crippen molar-refractivity contribution in [2.45, 2.75) is 0 Å². The number of rotatable bonds is 1. The maximum atomic E-state index is 5.24. The summed E-state index contributed by atoms with van der Waals surface area (Å²) in [5.74, 6) is 0. The number of nitrogens with zero attached hydrogens (tertiary/aromatic N) is 3. The normalized spacial score (nSPS) is 10.4. The summed E-state index contributed by atoms with van der Waals surface area (Å²) in [5, 5.41) is 3.02. The quantitative estimate of drug-likeness (QED) is 0.664. The van der Waals surface area contributed by atoms with Gasteiger partial charge in [0.1, 0.15) is 4.64 Å². The van der Waals surface area contributed by atoms with E-state index in [9.17, 15) is 0 Å². The van der Waals surface area contributed by atoms with Crippen molar-refractivity contribution in [3.63, 3.8) is 0 Å². The zero-order valence-electron chi connectivity index (χ0n) is 8.14. The molecule has 2 rings (SSSR count). The average Bonchev–Trinajstić information content (AvgIpc) is 2.17. The summed E-state index contributed by atoms with van der Waals surface area (Å²) in [7, 11) is 3.90. The first kappa shape index (κ1) is 9.15. The average molecular weight is 205 g/mol. The number of fused-ring (bicyclic) bond motifs is 1. The molecule has 0 saturated carbocycles. The van der Waals surface area contributed by atoms with E-state index in [0.29, 0.717) is 0 Å². The molecule has 0 atom stereocenters. The molecule has 0 aliphatic heterocycles. The summed E-state index contributed by atoms with van der Waals surface area (Å²) in [6.07, 6.45) is 1.77. The first-order valence-electron chi connectivity index (χ1n) is 4.34. The van der Waals surface area contributed by atoms with Crippen LogP contribution in [0.2, 0.25) is 0 Å². The van der Waals surface area contributed by atoms with Gasteiger partial charge in [0.15, 0.2) is 5.65 Å². The van der Waals surface area contributed by atoms with Crippen molar-refractivity contribution < 1.29 is 0 Å². The topological polar surface area (TPSA) is 21.1 Å². The SMILES string of the molecule is CN(C)n1c(=S)ccc2cccnc21. The van der Waals surface area contributed by atoms with E-state index in [1.807, 2.05) is 48.0 Å². The minimum Gasteiger partial charge on any atom is -0.316 e. The van der Waals surface area contributed by atoms with Crippen LogP contribution in [0.1, 0.15) is 0 Å². The third-order valence-electron chi connectivity index (χ3n) is 2.03.